The average molecular weight is 224 g/mol. The van der Waals surface area contributed by atoms with Gasteiger partial charge in [0.25, 0.3) is 0 Å². The third kappa shape index (κ3) is 3.04. The fourth-order valence-corrected chi connectivity index (χ4v) is 2.50. The Morgan fingerprint density at radius 1 is 1.67 bits per heavy atom. The molecule has 15 heavy (non-hydrogen) atoms. The first kappa shape index (κ1) is 10.6. The van der Waals surface area contributed by atoms with Gasteiger partial charge in [-0.3, -0.25) is 4.79 Å². The molecule has 1 aliphatic heterocycles. The molecule has 2 N–H and O–H groups in total. The Morgan fingerprint density at radius 3 is 3.27 bits per heavy atom. The predicted molar refractivity (Wildman–Crippen MR) is 62.0 cm³/mol. The van der Waals surface area contributed by atoms with Crippen LogP contribution in [0.15, 0.2) is 17.5 Å². The number of carbonyl (C=O) groups excluding carboxylic acids is 1. The van der Waals surface area contributed by atoms with Gasteiger partial charge < -0.3 is 10.6 Å². The molecule has 1 atom stereocenters. The normalized spacial score (nSPS) is 20.4. The summed E-state index contributed by atoms with van der Waals surface area (Å²) < 4.78 is 0. The quantitative estimate of drug-likeness (QED) is 0.801. The summed E-state index contributed by atoms with van der Waals surface area (Å²) in [4.78, 5) is 13.0. The highest BCUT2D eigenvalue weighted by molar-refractivity contribution is 7.09. The van der Waals surface area contributed by atoms with Crippen molar-refractivity contribution in [2.24, 2.45) is 5.92 Å². The molecule has 82 valence electrons. The number of nitrogens with one attached hydrogen (secondary N) is 2. The largest absolute Gasteiger partial charge is 0.355 e. The third-order valence-corrected chi connectivity index (χ3v) is 3.62. The van der Waals surface area contributed by atoms with Crippen molar-refractivity contribution in [1.82, 2.24) is 10.6 Å². The maximum atomic E-state index is 11.6. The first-order valence-electron chi connectivity index (χ1n) is 5.37. The fraction of sp³-hybridized carbons (Fsp3) is 0.545. The second kappa shape index (κ2) is 5.28. The first-order chi connectivity index (χ1) is 7.36. The van der Waals surface area contributed by atoms with Crippen LogP contribution in [0.1, 0.15) is 11.3 Å². The highest BCUT2D eigenvalue weighted by Crippen LogP contribution is 2.09. The van der Waals surface area contributed by atoms with Crippen LogP contribution < -0.4 is 10.6 Å². The second-order valence-corrected chi connectivity index (χ2v) is 4.84. The van der Waals surface area contributed by atoms with Gasteiger partial charge in [-0.25, -0.2) is 0 Å². The first-order valence-corrected chi connectivity index (χ1v) is 6.25. The molecule has 2 heterocycles. The summed E-state index contributed by atoms with van der Waals surface area (Å²) in [6.45, 7) is 2.57. The fourth-order valence-electron chi connectivity index (χ4n) is 1.79. The van der Waals surface area contributed by atoms with Crippen LogP contribution in [0.3, 0.4) is 0 Å². The number of thiophene rings is 1. The minimum atomic E-state index is 0.188. The van der Waals surface area contributed by atoms with Crippen LogP contribution in [0.25, 0.3) is 0 Å². The van der Waals surface area contributed by atoms with Crippen molar-refractivity contribution in [3.8, 4) is 0 Å². The Hall–Kier alpha value is -0.870. The molecule has 3 nitrogen and oxygen atoms in total. The lowest BCUT2D eigenvalue weighted by Gasteiger charge is -2.08. The molecule has 0 saturated carbocycles. The SMILES string of the molecule is O=C(NCCc1cccs1)[C@H]1CCNC1. The van der Waals surface area contributed by atoms with Crippen LogP contribution >= 0.6 is 11.3 Å². The lowest BCUT2D eigenvalue weighted by atomic mass is 10.1. The molecule has 1 fully saturated rings. The van der Waals surface area contributed by atoms with Crippen molar-refractivity contribution < 1.29 is 4.79 Å². The molecule has 0 bridgehead atoms. The van der Waals surface area contributed by atoms with E-state index in [0.29, 0.717) is 0 Å². The lowest BCUT2D eigenvalue weighted by Crippen LogP contribution is -2.33. The van der Waals surface area contributed by atoms with Crippen LogP contribution in [0.5, 0.6) is 0 Å². The van der Waals surface area contributed by atoms with E-state index in [2.05, 4.69) is 22.1 Å². The molecule has 0 aliphatic carbocycles. The molecule has 1 amide bonds. The van der Waals surface area contributed by atoms with Gasteiger partial charge in [0, 0.05) is 18.0 Å². The molecular formula is C11H16N2OS. The van der Waals surface area contributed by atoms with Gasteiger partial charge >= 0.3 is 0 Å². The molecule has 2 rings (SSSR count). The van der Waals surface area contributed by atoms with Crippen molar-refractivity contribution in [3.63, 3.8) is 0 Å². The van der Waals surface area contributed by atoms with Crippen molar-refractivity contribution >= 4 is 17.2 Å². The van der Waals surface area contributed by atoms with Crippen LogP contribution in [-0.4, -0.2) is 25.5 Å². The number of amides is 1. The van der Waals surface area contributed by atoms with Gasteiger partial charge in [0.15, 0.2) is 0 Å². The Morgan fingerprint density at radius 2 is 2.60 bits per heavy atom. The number of rotatable bonds is 4. The molecule has 1 aromatic heterocycles. The molecule has 4 heteroatoms. The maximum absolute atomic E-state index is 11.6. The molecule has 0 spiro atoms. The van der Waals surface area contributed by atoms with Crippen LogP contribution in [0.2, 0.25) is 0 Å². The number of hydrogen-bond donors (Lipinski definition) is 2. The van der Waals surface area contributed by atoms with Gasteiger partial charge in [0.05, 0.1) is 5.92 Å². The standard InChI is InChI=1S/C11H16N2OS/c14-11(9-3-5-12-8-9)13-6-4-10-2-1-7-15-10/h1-2,7,9,12H,3-6,8H2,(H,13,14)/t9-/m0/s1. The minimum Gasteiger partial charge on any atom is -0.355 e. The highest BCUT2D eigenvalue weighted by atomic mass is 32.1. The maximum Gasteiger partial charge on any atom is 0.224 e. The van der Waals surface area contributed by atoms with E-state index >= 15 is 0 Å². The van der Waals surface area contributed by atoms with Crippen LogP contribution in [0.4, 0.5) is 0 Å². The topological polar surface area (TPSA) is 41.1 Å². The predicted octanol–water partition coefficient (Wildman–Crippen LogP) is 1.02. The summed E-state index contributed by atoms with van der Waals surface area (Å²) >= 11 is 1.74. The van der Waals surface area contributed by atoms with E-state index < -0.39 is 0 Å². The Kier molecular flexibility index (Phi) is 3.75. The molecular weight excluding hydrogens is 208 g/mol. The summed E-state index contributed by atoms with van der Waals surface area (Å²) in [5.41, 5.74) is 0. The zero-order valence-electron chi connectivity index (χ0n) is 8.66. The monoisotopic (exact) mass is 224 g/mol. The van der Waals surface area contributed by atoms with Gasteiger partial charge in [-0.1, -0.05) is 6.07 Å². The smallest absolute Gasteiger partial charge is 0.224 e. The van der Waals surface area contributed by atoms with Crippen LogP contribution in [-0.2, 0) is 11.2 Å². The molecule has 1 saturated heterocycles. The Bertz CT molecular complexity index is 304. The number of hydrogen-bond acceptors (Lipinski definition) is 3. The molecule has 0 aromatic carbocycles. The summed E-state index contributed by atoms with van der Waals surface area (Å²) in [7, 11) is 0. The van der Waals surface area contributed by atoms with Crippen molar-refractivity contribution in [1.29, 1.82) is 0 Å². The summed E-state index contributed by atoms with van der Waals surface area (Å²) in [5.74, 6) is 0.393. The summed E-state index contributed by atoms with van der Waals surface area (Å²) in [6, 6.07) is 4.15. The molecule has 1 aromatic rings. The second-order valence-electron chi connectivity index (χ2n) is 3.81. The van der Waals surface area contributed by atoms with Crippen molar-refractivity contribution in [3.05, 3.63) is 22.4 Å². The van der Waals surface area contributed by atoms with Crippen molar-refractivity contribution in [2.45, 2.75) is 12.8 Å². The summed E-state index contributed by atoms with van der Waals surface area (Å²) in [5, 5.41) is 8.26. The lowest BCUT2D eigenvalue weighted by molar-refractivity contribution is -0.124. The van der Waals surface area contributed by atoms with E-state index in [1.54, 1.807) is 11.3 Å². The van der Waals surface area contributed by atoms with E-state index in [1.807, 2.05) is 6.07 Å². The Balaban J connectivity index is 1.67. The van der Waals surface area contributed by atoms with Gasteiger partial charge in [0.1, 0.15) is 0 Å². The van der Waals surface area contributed by atoms with Crippen LogP contribution in [0, 0.1) is 5.92 Å². The minimum absolute atomic E-state index is 0.188. The van der Waals surface area contributed by atoms with Gasteiger partial charge in [-0.2, -0.15) is 0 Å². The van der Waals surface area contributed by atoms with E-state index in [9.17, 15) is 4.79 Å². The van der Waals surface area contributed by atoms with Gasteiger partial charge in [-0.15, -0.1) is 11.3 Å². The van der Waals surface area contributed by atoms with E-state index in [4.69, 9.17) is 0 Å². The zero-order chi connectivity index (χ0) is 10.5. The van der Waals surface area contributed by atoms with E-state index in [0.717, 1.165) is 32.5 Å². The third-order valence-electron chi connectivity index (χ3n) is 2.68. The molecule has 0 radical (unpaired) electrons. The van der Waals surface area contributed by atoms with E-state index in [-0.39, 0.29) is 11.8 Å². The zero-order valence-corrected chi connectivity index (χ0v) is 9.48. The highest BCUT2D eigenvalue weighted by Gasteiger charge is 2.21. The van der Waals surface area contributed by atoms with Gasteiger partial charge in [-0.05, 0) is 30.8 Å². The molecule has 0 unspecified atom stereocenters. The molecule has 1 aliphatic rings. The summed E-state index contributed by atoms with van der Waals surface area (Å²) in [6.07, 6.45) is 1.92. The van der Waals surface area contributed by atoms with Crippen molar-refractivity contribution in [2.75, 3.05) is 19.6 Å². The van der Waals surface area contributed by atoms with Gasteiger partial charge in [0.2, 0.25) is 5.91 Å². The van der Waals surface area contributed by atoms with E-state index in [1.165, 1.54) is 4.88 Å². The number of carbonyl (C=O) groups is 1. The average Bonchev–Trinajstić information content (AvgIpc) is 2.90. The Labute approximate surface area is 93.9 Å².